The van der Waals surface area contributed by atoms with E-state index in [1.807, 2.05) is 30.3 Å². The molecule has 200 valence electrons. The Morgan fingerprint density at radius 2 is 1.90 bits per heavy atom. The van der Waals surface area contributed by atoms with Crippen molar-refractivity contribution in [1.82, 2.24) is 24.4 Å². The van der Waals surface area contributed by atoms with Crippen LogP contribution in [0.1, 0.15) is 42.0 Å². The monoisotopic (exact) mass is 546 g/mol. The third-order valence-electron chi connectivity index (χ3n) is 7.36. The molecular weight excluding hydrogens is 519 g/mol. The van der Waals surface area contributed by atoms with Crippen LogP contribution in [-0.4, -0.2) is 56.3 Å². The van der Waals surface area contributed by atoms with Gasteiger partial charge < -0.3 is 14.0 Å². The summed E-state index contributed by atoms with van der Waals surface area (Å²) in [6, 6.07) is 14.4. The number of nitrogens with zero attached hydrogens (tertiary/aromatic N) is 6. The van der Waals surface area contributed by atoms with Crippen molar-refractivity contribution in [3.63, 3.8) is 0 Å². The maximum atomic E-state index is 14.4. The predicted octanol–water partition coefficient (Wildman–Crippen LogP) is 4.91. The van der Waals surface area contributed by atoms with Crippen LogP contribution >= 0.6 is 11.6 Å². The number of benzene rings is 2. The van der Waals surface area contributed by atoms with E-state index in [1.54, 1.807) is 12.3 Å². The minimum absolute atomic E-state index is 0.0117. The van der Waals surface area contributed by atoms with Crippen molar-refractivity contribution in [3.8, 4) is 11.9 Å². The van der Waals surface area contributed by atoms with Crippen LogP contribution in [0.2, 0.25) is 5.02 Å². The Bertz CT molecular complexity index is 1510. The van der Waals surface area contributed by atoms with E-state index in [1.165, 1.54) is 12.1 Å². The lowest BCUT2D eigenvalue weighted by molar-refractivity contribution is -0.0592. The quantitative estimate of drug-likeness (QED) is 0.310. The van der Waals surface area contributed by atoms with Gasteiger partial charge >= 0.3 is 0 Å². The van der Waals surface area contributed by atoms with Crippen LogP contribution in [0.4, 0.5) is 4.39 Å². The molecule has 10 heteroatoms. The number of halogens is 2. The van der Waals surface area contributed by atoms with E-state index in [2.05, 4.69) is 19.4 Å². The smallest absolute Gasteiger partial charge is 0.216 e. The van der Waals surface area contributed by atoms with Gasteiger partial charge in [0.15, 0.2) is 0 Å². The minimum atomic E-state index is -0.522. The van der Waals surface area contributed by atoms with Crippen molar-refractivity contribution in [2.75, 3.05) is 19.7 Å². The third kappa shape index (κ3) is 5.88. The zero-order valence-corrected chi connectivity index (χ0v) is 22.1. The number of fused-ring (bicyclic) bond motifs is 1. The van der Waals surface area contributed by atoms with Gasteiger partial charge in [-0.2, -0.15) is 10.2 Å². The molecule has 0 saturated carbocycles. The average Bonchev–Trinajstić information content (AvgIpc) is 3.23. The largest absolute Gasteiger partial charge is 0.474 e. The Kier molecular flexibility index (Phi) is 7.42. The van der Waals surface area contributed by atoms with Crippen molar-refractivity contribution in [2.45, 2.75) is 51.0 Å². The summed E-state index contributed by atoms with van der Waals surface area (Å²) in [5.41, 5.74) is 2.44. The fraction of sp³-hybridized carbons (Fsp3) is 0.379. The van der Waals surface area contributed by atoms with E-state index in [-0.39, 0.29) is 17.8 Å². The van der Waals surface area contributed by atoms with Gasteiger partial charge in [-0.05, 0) is 43.0 Å². The average molecular weight is 547 g/mol. The molecule has 2 aliphatic heterocycles. The highest BCUT2D eigenvalue weighted by Crippen LogP contribution is 2.26. The highest BCUT2D eigenvalue weighted by atomic mass is 35.5. The van der Waals surface area contributed by atoms with Crippen LogP contribution in [0.15, 0.2) is 48.7 Å². The van der Waals surface area contributed by atoms with E-state index in [4.69, 9.17) is 26.1 Å². The molecule has 4 heterocycles. The maximum absolute atomic E-state index is 14.4. The summed E-state index contributed by atoms with van der Waals surface area (Å²) >= 11 is 5.99. The topological polar surface area (TPSA) is 89.1 Å². The van der Waals surface area contributed by atoms with Gasteiger partial charge in [0.25, 0.3) is 0 Å². The fourth-order valence-corrected chi connectivity index (χ4v) is 5.24. The Morgan fingerprint density at radius 3 is 2.62 bits per heavy atom. The molecule has 1 atom stereocenters. The van der Waals surface area contributed by atoms with Gasteiger partial charge in [-0.3, -0.25) is 4.90 Å². The molecule has 0 unspecified atom stereocenters. The molecule has 0 aliphatic carbocycles. The molecule has 2 saturated heterocycles. The second kappa shape index (κ2) is 11.3. The summed E-state index contributed by atoms with van der Waals surface area (Å²) in [5.74, 6) is 1.63. The van der Waals surface area contributed by atoms with Gasteiger partial charge in [-0.1, -0.05) is 23.7 Å². The second-order valence-electron chi connectivity index (χ2n) is 10.1. The first-order chi connectivity index (χ1) is 19.0. The number of hydrogen-bond acceptors (Lipinski definition) is 7. The molecule has 0 spiro atoms. The van der Waals surface area contributed by atoms with Crippen molar-refractivity contribution in [3.05, 3.63) is 82.3 Å². The molecule has 2 aliphatic rings. The fourth-order valence-electron chi connectivity index (χ4n) is 5.11. The molecule has 6 rings (SSSR count). The van der Waals surface area contributed by atoms with Gasteiger partial charge in [-0.15, -0.1) is 0 Å². The number of nitriles is 1. The normalized spacial score (nSPS) is 18.1. The van der Waals surface area contributed by atoms with Gasteiger partial charge in [0.2, 0.25) is 5.88 Å². The van der Waals surface area contributed by atoms with Crippen LogP contribution < -0.4 is 4.74 Å². The van der Waals surface area contributed by atoms with Crippen LogP contribution in [-0.2, 0) is 24.2 Å². The molecule has 0 N–H and O–H groups in total. The first kappa shape index (κ1) is 25.7. The van der Waals surface area contributed by atoms with E-state index in [9.17, 15) is 9.65 Å². The zero-order valence-electron chi connectivity index (χ0n) is 21.4. The minimum Gasteiger partial charge on any atom is -0.474 e. The highest BCUT2D eigenvalue weighted by molar-refractivity contribution is 6.30. The number of rotatable bonds is 8. The second-order valence-corrected chi connectivity index (χ2v) is 10.5. The summed E-state index contributed by atoms with van der Waals surface area (Å²) < 4.78 is 28.4. The molecule has 8 nitrogen and oxygen atoms in total. The van der Waals surface area contributed by atoms with Crippen molar-refractivity contribution < 1.29 is 13.9 Å². The molecule has 0 amide bonds. The van der Waals surface area contributed by atoms with Crippen LogP contribution in [0, 0.1) is 17.1 Å². The zero-order chi connectivity index (χ0) is 26.8. The number of ether oxygens (including phenoxy) is 2. The van der Waals surface area contributed by atoms with E-state index in [0.717, 1.165) is 50.3 Å². The van der Waals surface area contributed by atoms with Crippen LogP contribution in [0.3, 0.4) is 0 Å². The standard InChI is InChI=1S/C29H28ClFN6O2/c30-21-3-1-19(2-4-21)13-27-33-9-5-29(35-27)39-22-6-10-36(11-7-22)18-28-34-25-14-20(16-32)24(31)15-26(25)37(28)17-23-8-12-38-23/h1-5,9,14-15,22-23H,6-8,10-13,17-18H2/t23-/m0/s1. The lowest BCUT2D eigenvalue weighted by Gasteiger charge is -2.32. The highest BCUT2D eigenvalue weighted by Gasteiger charge is 2.26. The maximum Gasteiger partial charge on any atom is 0.216 e. The molecule has 0 bridgehead atoms. The first-order valence-corrected chi connectivity index (χ1v) is 13.6. The molecule has 0 radical (unpaired) electrons. The molecule has 2 aromatic heterocycles. The van der Waals surface area contributed by atoms with Crippen molar-refractivity contribution in [2.24, 2.45) is 0 Å². The molecule has 2 fully saturated rings. The summed E-state index contributed by atoms with van der Waals surface area (Å²) in [4.78, 5) is 16.1. The summed E-state index contributed by atoms with van der Waals surface area (Å²) in [7, 11) is 0. The van der Waals surface area contributed by atoms with E-state index < -0.39 is 5.82 Å². The number of piperidine rings is 1. The third-order valence-corrected chi connectivity index (χ3v) is 7.61. The molecule has 39 heavy (non-hydrogen) atoms. The molecule has 4 aromatic rings. The number of imidazole rings is 1. The van der Waals surface area contributed by atoms with E-state index >= 15 is 0 Å². The SMILES string of the molecule is N#Cc1cc2nc(CN3CCC(Oc4ccnc(Cc5ccc(Cl)cc5)n4)CC3)n(C[C@@H]3CCO3)c2cc1F. The molecule has 2 aromatic carbocycles. The van der Waals surface area contributed by atoms with Gasteiger partial charge in [-0.25, -0.2) is 14.4 Å². The van der Waals surface area contributed by atoms with Gasteiger partial charge in [0.05, 0.1) is 35.8 Å². The molecular formula is C29H28ClFN6O2. The number of aromatic nitrogens is 4. The summed E-state index contributed by atoms with van der Waals surface area (Å²) in [6.07, 6.45) is 5.21. The lowest BCUT2D eigenvalue weighted by atomic mass is 10.1. The van der Waals surface area contributed by atoms with Crippen LogP contribution in [0.5, 0.6) is 5.88 Å². The Hall–Kier alpha value is -3.58. The summed E-state index contributed by atoms with van der Waals surface area (Å²) in [6.45, 7) is 3.70. The van der Waals surface area contributed by atoms with Gasteiger partial charge in [0.1, 0.15) is 29.6 Å². The van der Waals surface area contributed by atoms with Crippen LogP contribution in [0.25, 0.3) is 11.0 Å². The predicted molar refractivity (Wildman–Crippen MR) is 144 cm³/mol. The number of likely N-dealkylation sites (tertiary alicyclic amines) is 1. The lowest BCUT2D eigenvalue weighted by Crippen LogP contribution is -2.39. The summed E-state index contributed by atoms with van der Waals surface area (Å²) in [5, 5.41) is 9.96. The van der Waals surface area contributed by atoms with E-state index in [0.29, 0.717) is 47.3 Å². The Balaban J connectivity index is 1.09. The Labute approximate surface area is 231 Å². The van der Waals surface area contributed by atoms with Crippen molar-refractivity contribution in [1.29, 1.82) is 5.26 Å². The number of hydrogen-bond donors (Lipinski definition) is 0. The first-order valence-electron chi connectivity index (χ1n) is 13.2. The van der Waals surface area contributed by atoms with Gasteiger partial charge in [0, 0.05) is 49.5 Å². The Morgan fingerprint density at radius 1 is 1.10 bits per heavy atom. The van der Waals surface area contributed by atoms with Crippen molar-refractivity contribution >= 4 is 22.6 Å².